The first-order chi connectivity index (χ1) is 5.29. The van der Waals surface area contributed by atoms with E-state index >= 15 is 0 Å². The van der Waals surface area contributed by atoms with Gasteiger partial charge >= 0.3 is 0 Å². The number of ether oxygens (including phenoxy) is 1. The second kappa shape index (κ2) is 2.88. The van der Waals surface area contributed by atoms with Crippen LogP contribution < -0.4 is 10.5 Å². The molecule has 0 bridgehead atoms. The largest absolute Gasteiger partial charge is 0.508 e. The zero-order chi connectivity index (χ0) is 8.27. The topological polar surface area (TPSA) is 52.5 Å². The Hall–Kier alpha value is -1.76. The van der Waals surface area contributed by atoms with E-state index in [0.29, 0.717) is 5.75 Å². The lowest BCUT2D eigenvalue weighted by Gasteiger charge is -2.02. The van der Waals surface area contributed by atoms with Crippen LogP contribution in [0.25, 0.3) is 4.85 Å². The van der Waals surface area contributed by atoms with Gasteiger partial charge in [0.2, 0.25) is 0 Å². The average Bonchev–Trinajstić information content (AvgIpc) is 2.04. The van der Waals surface area contributed by atoms with Crippen molar-refractivity contribution in [1.82, 2.24) is 4.98 Å². The predicted molar refractivity (Wildman–Crippen MR) is 41.5 cm³/mol. The summed E-state index contributed by atoms with van der Waals surface area (Å²) in [5.74, 6) is 0.673. The Bertz CT molecular complexity index is 303. The van der Waals surface area contributed by atoms with Gasteiger partial charge in [-0.2, -0.15) is 0 Å². The van der Waals surface area contributed by atoms with Gasteiger partial charge in [0.15, 0.2) is 0 Å². The Balaban J connectivity index is 3.27. The lowest BCUT2D eigenvalue weighted by Crippen LogP contribution is -1.91. The molecule has 0 aromatic carbocycles. The van der Waals surface area contributed by atoms with Gasteiger partial charge in [-0.3, -0.25) is 4.98 Å². The molecule has 2 N–H and O–H groups in total. The SMILES string of the molecule is [C-]#[N+]c1c(OC)ccnc1N. The van der Waals surface area contributed by atoms with E-state index < -0.39 is 0 Å². The fraction of sp³-hybridized carbons (Fsp3) is 0.143. The van der Waals surface area contributed by atoms with E-state index in [2.05, 4.69) is 9.83 Å². The van der Waals surface area contributed by atoms with Crippen LogP contribution in [0.15, 0.2) is 12.3 Å². The maximum atomic E-state index is 6.75. The fourth-order valence-electron chi connectivity index (χ4n) is 0.729. The Morgan fingerprint density at radius 2 is 2.45 bits per heavy atom. The monoisotopic (exact) mass is 149 g/mol. The first kappa shape index (κ1) is 7.35. The van der Waals surface area contributed by atoms with Gasteiger partial charge in [0.1, 0.15) is 11.6 Å². The summed E-state index contributed by atoms with van der Waals surface area (Å²) in [6.45, 7) is 6.75. The standard InChI is InChI=1S/C7H7N3O/c1-9-6-5(11-2)3-4-10-7(6)8/h3-4H,2H3,(H2,8,10). The van der Waals surface area contributed by atoms with Crippen LogP contribution in [0.3, 0.4) is 0 Å². The minimum absolute atomic E-state index is 0.208. The van der Waals surface area contributed by atoms with Crippen LogP contribution in [0.5, 0.6) is 5.75 Å². The minimum atomic E-state index is 0.208. The van der Waals surface area contributed by atoms with Crippen LogP contribution in [-0.2, 0) is 0 Å². The molecule has 0 saturated heterocycles. The van der Waals surface area contributed by atoms with Gasteiger partial charge < -0.3 is 10.5 Å². The molecule has 0 aliphatic rings. The zero-order valence-electron chi connectivity index (χ0n) is 6.03. The van der Waals surface area contributed by atoms with E-state index in [0.717, 1.165) is 0 Å². The van der Waals surface area contributed by atoms with Gasteiger partial charge in [-0.1, -0.05) is 0 Å². The lowest BCUT2D eigenvalue weighted by molar-refractivity contribution is 0.417. The summed E-state index contributed by atoms with van der Waals surface area (Å²) in [5.41, 5.74) is 5.68. The van der Waals surface area contributed by atoms with Crippen molar-refractivity contribution in [2.45, 2.75) is 0 Å². The van der Waals surface area contributed by atoms with Gasteiger partial charge in [0, 0.05) is 6.20 Å². The van der Waals surface area contributed by atoms with Crippen LogP contribution in [0.1, 0.15) is 0 Å². The summed E-state index contributed by atoms with van der Waals surface area (Å²) in [6.07, 6.45) is 1.50. The Kier molecular flexibility index (Phi) is 1.93. The molecule has 0 amide bonds. The number of rotatable bonds is 1. The third-order valence-electron chi connectivity index (χ3n) is 1.25. The van der Waals surface area contributed by atoms with Crippen LogP contribution in [0.2, 0.25) is 0 Å². The molecule has 11 heavy (non-hydrogen) atoms. The van der Waals surface area contributed by atoms with E-state index in [1.54, 1.807) is 6.07 Å². The van der Waals surface area contributed by atoms with E-state index in [4.69, 9.17) is 17.0 Å². The third kappa shape index (κ3) is 1.22. The van der Waals surface area contributed by atoms with Crippen molar-refractivity contribution in [3.05, 3.63) is 23.7 Å². The molecule has 56 valence electrons. The van der Waals surface area contributed by atoms with Gasteiger partial charge in [-0.25, -0.2) is 4.85 Å². The molecule has 0 fully saturated rings. The highest BCUT2D eigenvalue weighted by Crippen LogP contribution is 2.30. The highest BCUT2D eigenvalue weighted by Gasteiger charge is 2.05. The van der Waals surface area contributed by atoms with Crippen LogP contribution >= 0.6 is 0 Å². The third-order valence-corrected chi connectivity index (χ3v) is 1.25. The minimum Gasteiger partial charge on any atom is -0.508 e. The lowest BCUT2D eigenvalue weighted by atomic mass is 10.3. The molecule has 4 nitrogen and oxygen atoms in total. The normalized spacial score (nSPS) is 8.73. The molecule has 4 heteroatoms. The van der Waals surface area contributed by atoms with Crippen LogP contribution in [0, 0.1) is 6.57 Å². The zero-order valence-corrected chi connectivity index (χ0v) is 6.03. The van der Waals surface area contributed by atoms with E-state index in [1.807, 2.05) is 0 Å². The van der Waals surface area contributed by atoms with E-state index in [-0.39, 0.29) is 11.5 Å². The number of methoxy groups -OCH3 is 1. The van der Waals surface area contributed by atoms with Crippen LogP contribution in [0.4, 0.5) is 11.5 Å². The van der Waals surface area contributed by atoms with Crippen molar-refractivity contribution in [2.24, 2.45) is 0 Å². The van der Waals surface area contributed by atoms with Crippen molar-refractivity contribution in [1.29, 1.82) is 0 Å². The van der Waals surface area contributed by atoms with Crippen LogP contribution in [-0.4, -0.2) is 12.1 Å². The second-order valence-corrected chi connectivity index (χ2v) is 1.86. The second-order valence-electron chi connectivity index (χ2n) is 1.86. The van der Waals surface area contributed by atoms with Crippen molar-refractivity contribution in [2.75, 3.05) is 12.8 Å². The number of nitrogen functional groups attached to an aromatic ring is 1. The van der Waals surface area contributed by atoms with Crippen molar-refractivity contribution < 1.29 is 4.74 Å². The Morgan fingerprint density at radius 1 is 1.73 bits per heavy atom. The molecule has 0 radical (unpaired) electrons. The van der Waals surface area contributed by atoms with Gasteiger partial charge in [-0.15, -0.1) is 0 Å². The van der Waals surface area contributed by atoms with Gasteiger partial charge in [0.05, 0.1) is 13.7 Å². The first-order valence-corrected chi connectivity index (χ1v) is 2.95. The molecule has 1 heterocycles. The number of nitrogens with zero attached hydrogens (tertiary/aromatic N) is 2. The summed E-state index contributed by atoms with van der Waals surface area (Å²) in [4.78, 5) is 6.92. The number of nitrogens with two attached hydrogens (primary N) is 1. The Morgan fingerprint density at radius 3 is 2.91 bits per heavy atom. The molecule has 1 rings (SSSR count). The molecular weight excluding hydrogens is 142 g/mol. The number of anilines is 1. The molecule has 1 aromatic heterocycles. The maximum absolute atomic E-state index is 6.75. The quantitative estimate of drug-likeness (QED) is 0.611. The molecule has 1 aromatic rings. The predicted octanol–water partition coefficient (Wildman–Crippen LogP) is 1.22. The van der Waals surface area contributed by atoms with E-state index in [1.165, 1.54) is 13.3 Å². The summed E-state index contributed by atoms with van der Waals surface area (Å²) < 4.78 is 4.88. The molecule has 0 atom stereocenters. The highest BCUT2D eigenvalue weighted by atomic mass is 16.5. The molecule has 0 unspecified atom stereocenters. The van der Waals surface area contributed by atoms with Gasteiger partial charge in [0.25, 0.3) is 5.69 Å². The molecule has 0 spiro atoms. The highest BCUT2D eigenvalue weighted by molar-refractivity contribution is 5.70. The first-order valence-electron chi connectivity index (χ1n) is 2.95. The summed E-state index contributed by atoms with van der Waals surface area (Å²) in [5, 5.41) is 0. The number of hydrogen-bond donors (Lipinski definition) is 1. The molecular formula is C7H7N3O. The average molecular weight is 149 g/mol. The molecule has 0 saturated carbocycles. The smallest absolute Gasteiger partial charge is 0.268 e. The Labute approximate surface area is 64.4 Å². The van der Waals surface area contributed by atoms with Gasteiger partial charge in [-0.05, 0) is 6.07 Å². The molecule has 0 aliphatic carbocycles. The maximum Gasteiger partial charge on any atom is 0.268 e. The summed E-state index contributed by atoms with van der Waals surface area (Å²) >= 11 is 0. The van der Waals surface area contributed by atoms with Crippen molar-refractivity contribution in [3.63, 3.8) is 0 Å². The number of aromatic nitrogens is 1. The number of hydrogen-bond acceptors (Lipinski definition) is 3. The number of pyridine rings is 1. The van der Waals surface area contributed by atoms with Crippen molar-refractivity contribution in [3.8, 4) is 5.75 Å². The fourth-order valence-corrected chi connectivity index (χ4v) is 0.729. The van der Waals surface area contributed by atoms with E-state index in [9.17, 15) is 0 Å². The van der Waals surface area contributed by atoms with Crippen molar-refractivity contribution >= 4 is 11.5 Å². The summed E-state index contributed by atoms with van der Waals surface area (Å²) in [7, 11) is 1.49. The summed E-state index contributed by atoms with van der Waals surface area (Å²) in [6, 6.07) is 1.60. The molecule has 0 aliphatic heterocycles.